The van der Waals surface area contributed by atoms with Crippen molar-refractivity contribution in [3.8, 4) is 0 Å². The lowest BCUT2D eigenvalue weighted by molar-refractivity contribution is -0.305. The first-order chi connectivity index (χ1) is 33.2. The van der Waals surface area contributed by atoms with Crippen LogP contribution in [0.2, 0.25) is 0 Å². The number of esters is 1. The molecule has 11 nitrogen and oxygen atoms in total. The summed E-state index contributed by atoms with van der Waals surface area (Å²) in [5, 5.41) is 56.7. The fourth-order valence-corrected chi connectivity index (χ4v) is 8.55. The van der Waals surface area contributed by atoms with E-state index in [1.165, 1.54) is 109 Å². The van der Waals surface area contributed by atoms with E-state index in [9.17, 15) is 35.1 Å². The maximum absolute atomic E-state index is 13.3. The van der Waals surface area contributed by atoms with Crippen LogP contribution in [0.5, 0.6) is 0 Å². The van der Waals surface area contributed by atoms with Crippen LogP contribution in [0, 0.1) is 0 Å². The van der Waals surface area contributed by atoms with Crippen LogP contribution in [0.15, 0.2) is 48.6 Å². The van der Waals surface area contributed by atoms with Crippen LogP contribution in [0.25, 0.3) is 0 Å². The lowest BCUT2D eigenvalue weighted by Crippen LogP contribution is -2.61. The fraction of sp³-hybridized carbons (Fsp3) is 0.825. The van der Waals surface area contributed by atoms with E-state index in [2.05, 4.69) is 62.5 Å². The Morgan fingerprint density at radius 1 is 0.588 bits per heavy atom. The maximum Gasteiger partial charge on any atom is 0.306 e. The van der Waals surface area contributed by atoms with E-state index < -0.39 is 67.4 Å². The van der Waals surface area contributed by atoms with Gasteiger partial charge in [0.25, 0.3) is 0 Å². The molecule has 68 heavy (non-hydrogen) atoms. The van der Waals surface area contributed by atoms with E-state index in [0.717, 1.165) is 83.5 Å². The van der Waals surface area contributed by atoms with Crippen LogP contribution in [0.3, 0.4) is 0 Å². The molecule has 0 saturated carbocycles. The van der Waals surface area contributed by atoms with Gasteiger partial charge in [0.05, 0.1) is 25.4 Å². The third-order valence-corrected chi connectivity index (χ3v) is 13.0. The van der Waals surface area contributed by atoms with Crippen molar-refractivity contribution >= 4 is 11.9 Å². The van der Waals surface area contributed by atoms with Crippen molar-refractivity contribution < 1.29 is 49.3 Å². The van der Waals surface area contributed by atoms with Crippen LogP contribution >= 0.6 is 0 Å². The average Bonchev–Trinajstić information content (AvgIpc) is 3.33. The van der Waals surface area contributed by atoms with Gasteiger partial charge in [0.2, 0.25) is 5.91 Å². The molecular weight excluding hydrogens is 859 g/mol. The zero-order chi connectivity index (χ0) is 49.7. The molecule has 1 fully saturated rings. The van der Waals surface area contributed by atoms with Crippen molar-refractivity contribution in [3.05, 3.63) is 48.6 Å². The molecule has 6 N–H and O–H groups in total. The highest BCUT2D eigenvalue weighted by atomic mass is 16.7. The number of amides is 1. The van der Waals surface area contributed by atoms with Gasteiger partial charge in [-0.1, -0.05) is 223 Å². The SMILES string of the molecule is CC/C=C/C/C=C/C/C=C/CCCCCCC(=O)OC1C(OCC(NC(=O)C(O)CCCCCCCCCCCCCCC)C(O)/C=C/CCCCCCCCCCCC)OC(CO)C(O)C1O. The molecule has 1 heterocycles. The Balaban J connectivity index is 2.76. The van der Waals surface area contributed by atoms with Crippen LogP contribution in [-0.2, 0) is 23.8 Å². The van der Waals surface area contributed by atoms with Gasteiger partial charge in [0.1, 0.15) is 24.4 Å². The molecule has 0 spiro atoms. The minimum atomic E-state index is -1.62. The Hall–Kier alpha value is -2.38. The summed E-state index contributed by atoms with van der Waals surface area (Å²) in [7, 11) is 0. The molecule has 396 valence electrons. The minimum Gasteiger partial charge on any atom is -0.454 e. The number of carbonyl (C=O) groups excluding carboxylic acids is 2. The lowest BCUT2D eigenvalue weighted by atomic mass is 9.99. The summed E-state index contributed by atoms with van der Waals surface area (Å²) >= 11 is 0. The third kappa shape index (κ3) is 34.0. The third-order valence-electron chi connectivity index (χ3n) is 13.0. The van der Waals surface area contributed by atoms with Crippen molar-refractivity contribution in [2.45, 2.75) is 288 Å². The second kappa shape index (κ2) is 45.7. The number of unbranched alkanes of at least 4 members (excludes halogenated alkanes) is 26. The lowest BCUT2D eigenvalue weighted by Gasteiger charge is -2.41. The van der Waals surface area contributed by atoms with Crippen LogP contribution in [0.4, 0.5) is 0 Å². The number of ether oxygens (including phenoxy) is 3. The van der Waals surface area contributed by atoms with Crippen molar-refractivity contribution in [3.63, 3.8) is 0 Å². The van der Waals surface area contributed by atoms with E-state index >= 15 is 0 Å². The molecule has 1 aliphatic rings. The first kappa shape index (κ1) is 63.6. The molecule has 0 aromatic heterocycles. The van der Waals surface area contributed by atoms with Gasteiger partial charge < -0.3 is 45.1 Å². The Kier molecular flexibility index (Phi) is 42.8. The average molecular weight is 962 g/mol. The standard InChI is InChI=1S/C57H103NO10/c1-4-7-10-13-16-19-22-25-27-30-33-36-39-42-45-52(62)68-55-54(64)53(63)51(46-59)67-57(55)66-47-48(49(60)43-40-37-34-31-28-24-21-18-15-12-9-6-3)58-56(65)50(61)44-41-38-35-32-29-26-23-20-17-14-11-8-5-2/h7,10,16,19,25,27,40,43,48-51,53-55,57,59-61,63-64H,4-6,8-9,11-15,17-18,20-24,26,28-39,41-42,44-47H2,1-3H3,(H,58,65)/b10-7+,19-16+,27-25+,43-40+. The highest BCUT2D eigenvalue weighted by Gasteiger charge is 2.47. The molecule has 0 aromatic carbocycles. The quantitative estimate of drug-likeness (QED) is 0.0196. The van der Waals surface area contributed by atoms with E-state index in [4.69, 9.17) is 14.2 Å². The highest BCUT2D eigenvalue weighted by molar-refractivity contribution is 5.80. The predicted octanol–water partition coefficient (Wildman–Crippen LogP) is 12.1. The van der Waals surface area contributed by atoms with E-state index in [1.54, 1.807) is 6.08 Å². The Morgan fingerprint density at radius 2 is 1.06 bits per heavy atom. The zero-order valence-corrected chi connectivity index (χ0v) is 43.5. The first-order valence-electron chi connectivity index (χ1n) is 27.9. The summed E-state index contributed by atoms with van der Waals surface area (Å²) in [5.74, 6) is -1.22. The molecule has 8 unspecified atom stereocenters. The Morgan fingerprint density at radius 3 is 1.59 bits per heavy atom. The predicted molar refractivity (Wildman–Crippen MR) is 278 cm³/mol. The van der Waals surface area contributed by atoms with E-state index in [0.29, 0.717) is 19.3 Å². The molecule has 8 atom stereocenters. The molecule has 0 aromatic rings. The van der Waals surface area contributed by atoms with Gasteiger partial charge in [-0.3, -0.25) is 9.59 Å². The fourth-order valence-electron chi connectivity index (χ4n) is 8.55. The number of aliphatic hydroxyl groups excluding tert-OH is 5. The smallest absolute Gasteiger partial charge is 0.306 e. The summed E-state index contributed by atoms with van der Waals surface area (Å²) in [6, 6.07) is -1.02. The number of allylic oxidation sites excluding steroid dienone is 7. The van der Waals surface area contributed by atoms with Crippen molar-refractivity contribution in [1.29, 1.82) is 0 Å². The monoisotopic (exact) mass is 962 g/mol. The second-order valence-electron chi connectivity index (χ2n) is 19.3. The summed E-state index contributed by atoms with van der Waals surface area (Å²) in [6.07, 6.45) is 43.0. The summed E-state index contributed by atoms with van der Waals surface area (Å²) in [5.41, 5.74) is 0. The Bertz CT molecular complexity index is 1290. The van der Waals surface area contributed by atoms with Crippen LogP contribution < -0.4 is 5.32 Å². The number of nitrogens with one attached hydrogen (secondary N) is 1. The molecular formula is C57H103NO10. The highest BCUT2D eigenvalue weighted by Crippen LogP contribution is 2.26. The van der Waals surface area contributed by atoms with Gasteiger partial charge in [0, 0.05) is 6.42 Å². The Labute approximate surface area is 415 Å². The molecule has 0 bridgehead atoms. The molecule has 1 saturated heterocycles. The summed E-state index contributed by atoms with van der Waals surface area (Å²) in [6.45, 7) is 5.64. The van der Waals surface area contributed by atoms with Gasteiger partial charge in [-0.15, -0.1) is 0 Å². The van der Waals surface area contributed by atoms with Crippen molar-refractivity contribution in [2.24, 2.45) is 0 Å². The maximum atomic E-state index is 13.3. The van der Waals surface area contributed by atoms with Crippen LogP contribution in [-0.4, -0.2) is 99.6 Å². The van der Waals surface area contributed by atoms with Gasteiger partial charge >= 0.3 is 5.97 Å². The molecule has 1 rings (SSSR count). The van der Waals surface area contributed by atoms with Crippen molar-refractivity contribution in [1.82, 2.24) is 5.32 Å². The summed E-state index contributed by atoms with van der Waals surface area (Å²) in [4.78, 5) is 26.4. The van der Waals surface area contributed by atoms with Gasteiger partial charge in [-0.05, 0) is 57.8 Å². The number of aliphatic hydroxyl groups is 5. The summed E-state index contributed by atoms with van der Waals surface area (Å²) < 4.78 is 17.5. The number of carbonyl (C=O) groups is 2. The number of hydrogen-bond donors (Lipinski definition) is 6. The number of rotatable bonds is 46. The molecule has 11 heteroatoms. The van der Waals surface area contributed by atoms with Crippen LogP contribution in [0.1, 0.15) is 239 Å². The molecule has 0 aliphatic carbocycles. The van der Waals surface area contributed by atoms with Crippen molar-refractivity contribution in [2.75, 3.05) is 13.2 Å². The first-order valence-corrected chi connectivity index (χ1v) is 27.9. The molecule has 1 amide bonds. The normalized spacial score (nSPS) is 20.3. The topological polar surface area (TPSA) is 175 Å². The largest absolute Gasteiger partial charge is 0.454 e. The van der Waals surface area contributed by atoms with Gasteiger partial charge in [0.15, 0.2) is 12.4 Å². The van der Waals surface area contributed by atoms with Gasteiger partial charge in [-0.2, -0.15) is 0 Å². The number of hydrogen-bond acceptors (Lipinski definition) is 10. The minimum absolute atomic E-state index is 0.0982. The molecule has 0 radical (unpaired) electrons. The second-order valence-corrected chi connectivity index (χ2v) is 19.3. The zero-order valence-electron chi connectivity index (χ0n) is 43.5. The van der Waals surface area contributed by atoms with E-state index in [-0.39, 0.29) is 13.0 Å². The van der Waals surface area contributed by atoms with Gasteiger partial charge in [-0.25, -0.2) is 0 Å². The van der Waals surface area contributed by atoms with E-state index in [1.807, 2.05) is 6.08 Å². The molecule has 1 aliphatic heterocycles.